The monoisotopic (exact) mass is 225 g/mol. The number of likely N-dealkylation sites (tertiary alicyclic amines) is 1. The fourth-order valence-corrected chi connectivity index (χ4v) is 1.98. The zero-order valence-corrected chi connectivity index (χ0v) is 9.74. The van der Waals surface area contributed by atoms with E-state index in [-0.39, 0.29) is 0 Å². The van der Waals surface area contributed by atoms with Gasteiger partial charge in [0.1, 0.15) is 0 Å². The fraction of sp³-hybridized carbons (Fsp3) is 0.636. The Balaban J connectivity index is 1.89. The van der Waals surface area contributed by atoms with Crippen LogP contribution in [0.2, 0.25) is 5.15 Å². The Bertz CT molecular complexity index is 304. The van der Waals surface area contributed by atoms with Gasteiger partial charge in [-0.25, -0.2) is 0 Å². The number of aromatic nitrogens is 2. The van der Waals surface area contributed by atoms with Crippen molar-refractivity contribution < 1.29 is 0 Å². The van der Waals surface area contributed by atoms with Crippen molar-refractivity contribution in [1.29, 1.82) is 0 Å². The van der Waals surface area contributed by atoms with Crippen LogP contribution in [0.5, 0.6) is 0 Å². The minimum atomic E-state index is 0.464. The first-order valence-corrected chi connectivity index (χ1v) is 5.82. The molecule has 4 heteroatoms. The lowest BCUT2D eigenvalue weighted by Crippen LogP contribution is -2.32. The lowest BCUT2D eigenvalue weighted by Gasteiger charge is -2.29. The predicted octanol–water partition coefficient (Wildman–Crippen LogP) is 2.36. The molecule has 2 rings (SSSR count). The van der Waals surface area contributed by atoms with Crippen molar-refractivity contribution in [2.45, 2.75) is 26.3 Å². The second-order valence-electron chi connectivity index (χ2n) is 4.31. The van der Waals surface area contributed by atoms with Crippen molar-refractivity contribution in [3.05, 3.63) is 23.0 Å². The van der Waals surface area contributed by atoms with Crippen molar-refractivity contribution in [2.24, 2.45) is 5.92 Å². The summed E-state index contributed by atoms with van der Waals surface area (Å²) in [6, 6.07) is 3.75. The van der Waals surface area contributed by atoms with Gasteiger partial charge in [-0.3, -0.25) is 4.90 Å². The van der Waals surface area contributed by atoms with E-state index in [9.17, 15) is 0 Å². The maximum absolute atomic E-state index is 5.69. The molecule has 3 nitrogen and oxygen atoms in total. The summed E-state index contributed by atoms with van der Waals surface area (Å²) < 4.78 is 0. The molecule has 82 valence electrons. The van der Waals surface area contributed by atoms with Crippen molar-refractivity contribution in [3.8, 4) is 0 Å². The summed E-state index contributed by atoms with van der Waals surface area (Å²) in [5.74, 6) is 0.873. The topological polar surface area (TPSA) is 29.0 Å². The highest BCUT2D eigenvalue weighted by Crippen LogP contribution is 2.17. The molecule has 1 aliphatic heterocycles. The van der Waals surface area contributed by atoms with Crippen LogP contribution < -0.4 is 0 Å². The van der Waals surface area contributed by atoms with Gasteiger partial charge >= 0.3 is 0 Å². The molecule has 2 heterocycles. The number of rotatable bonds is 2. The highest BCUT2D eigenvalue weighted by atomic mass is 35.5. The van der Waals surface area contributed by atoms with Gasteiger partial charge in [-0.1, -0.05) is 18.5 Å². The van der Waals surface area contributed by atoms with Crippen LogP contribution in [-0.4, -0.2) is 28.2 Å². The third-order valence-electron chi connectivity index (χ3n) is 2.95. The number of piperidine rings is 1. The normalized spacial score (nSPS) is 19.3. The Morgan fingerprint density at radius 2 is 2.07 bits per heavy atom. The van der Waals surface area contributed by atoms with E-state index in [0.717, 1.165) is 18.2 Å². The molecule has 0 unspecified atom stereocenters. The van der Waals surface area contributed by atoms with Gasteiger partial charge in [0.05, 0.1) is 5.69 Å². The van der Waals surface area contributed by atoms with Gasteiger partial charge in [0, 0.05) is 6.54 Å². The molecule has 1 aliphatic rings. The largest absolute Gasteiger partial charge is 0.297 e. The van der Waals surface area contributed by atoms with E-state index >= 15 is 0 Å². The highest BCUT2D eigenvalue weighted by molar-refractivity contribution is 6.29. The molecule has 0 radical (unpaired) electrons. The quantitative estimate of drug-likeness (QED) is 0.774. The first kappa shape index (κ1) is 10.8. The molecular weight excluding hydrogens is 210 g/mol. The maximum atomic E-state index is 5.69. The average molecular weight is 226 g/mol. The standard InChI is InChI=1S/C11H16ClN3/c1-9-4-6-15(7-5-9)8-10-2-3-11(12)14-13-10/h2-3,9H,4-8H2,1H3. The minimum absolute atomic E-state index is 0.464. The molecule has 1 aromatic rings. The minimum Gasteiger partial charge on any atom is -0.297 e. The van der Waals surface area contributed by atoms with Crippen LogP contribution in [0.3, 0.4) is 0 Å². The molecule has 1 aromatic heterocycles. The van der Waals surface area contributed by atoms with Crippen molar-refractivity contribution >= 4 is 11.6 Å². The van der Waals surface area contributed by atoms with Crippen molar-refractivity contribution in [3.63, 3.8) is 0 Å². The van der Waals surface area contributed by atoms with Crippen LogP contribution in [-0.2, 0) is 6.54 Å². The van der Waals surface area contributed by atoms with Crippen LogP contribution in [0.1, 0.15) is 25.5 Å². The molecular formula is C11H16ClN3. The van der Waals surface area contributed by atoms with Gasteiger partial charge in [0.15, 0.2) is 5.15 Å². The average Bonchev–Trinajstić information content (AvgIpc) is 2.25. The van der Waals surface area contributed by atoms with E-state index in [1.807, 2.05) is 6.07 Å². The Kier molecular flexibility index (Phi) is 3.54. The molecule has 1 saturated heterocycles. The Hall–Kier alpha value is -0.670. The van der Waals surface area contributed by atoms with Crippen LogP contribution in [0, 0.1) is 5.92 Å². The van der Waals surface area contributed by atoms with Crippen molar-refractivity contribution in [2.75, 3.05) is 13.1 Å². The van der Waals surface area contributed by atoms with E-state index in [1.54, 1.807) is 6.07 Å². The van der Waals surface area contributed by atoms with Crippen LogP contribution in [0.25, 0.3) is 0 Å². The van der Waals surface area contributed by atoms with E-state index in [4.69, 9.17) is 11.6 Å². The van der Waals surface area contributed by atoms with E-state index < -0.39 is 0 Å². The molecule has 0 aromatic carbocycles. The van der Waals surface area contributed by atoms with Gasteiger partial charge in [-0.2, -0.15) is 5.10 Å². The lowest BCUT2D eigenvalue weighted by molar-refractivity contribution is 0.183. The van der Waals surface area contributed by atoms with Gasteiger partial charge in [0.25, 0.3) is 0 Å². The third kappa shape index (κ3) is 3.14. The smallest absolute Gasteiger partial charge is 0.151 e. The molecule has 0 amide bonds. The van der Waals surface area contributed by atoms with Gasteiger partial charge in [-0.05, 0) is 44.0 Å². The molecule has 0 atom stereocenters. The zero-order chi connectivity index (χ0) is 10.7. The van der Waals surface area contributed by atoms with Crippen LogP contribution in [0.15, 0.2) is 12.1 Å². The fourth-order valence-electron chi connectivity index (χ4n) is 1.88. The zero-order valence-electron chi connectivity index (χ0n) is 8.99. The molecule has 0 aliphatic carbocycles. The molecule has 0 saturated carbocycles. The second-order valence-corrected chi connectivity index (χ2v) is 4.69. The van der Waals surface area contributed by atoms with E-state index in [1.165, 1.54) is 25.9 Å². The number of hydrogen-bond donors (Lipinski definition) is 0. The molecule has 0 N–H and O–H groups in total. The summed E-state index contributed by atoms with van der Waals surface area (Å²) in [5.41, 5.74) is 1.01. The van der Waals surface area contributed by atoms with E-state index in [2.05, 4.69) is 22.0 Å². The number of halogens is 1. The Morgan fingerprint density at radius 3 is 2.67 bits per heavy atom. The Labute approximate surface area is 95.5 Å². The number of nitrogens with zero attached hydrogens (tertiary/aromatic N) is 3. The predicted molar refractivity (Wildman–Crippen MR) is 60.7 cm³/mol. The van der Waals surface area contributed by atoms with Gasteiger partial charge in [0.2, 0.25) is 0 Å². The van der Waals surface area contributed by atoms with Gasteiger partial charge in [-0.15, -0.1) is 5.10 Å². The molecule has 15 heavy (non-hydrogen) atoms. The summed E-state index contributed by atoms with van der Waals surface area (Å²) in [6.07, 6.45) is 2.59. The first-order chi connectivity index (χ1) is 7.24. The van der Waals surface area contributed by atoms with E-state index in [0.29, 0.717) is 5.15 Å². The molecule has 1 fully saturated rings. The summed E-state index contributed by atoms with van der Waals surface area (Å²) in [7, 11) is 0. The highest BCUT2D eigenvalue weighted by Gasteiger charge is 2.15. The maximum Gasteiger partial charge on any atom is 0.151 e. The second kappa shape index (κ2) is 4.90. The van der Waals surface area contributed by atoms with Crippen LogP contribution in [0.4, 0.5) is 0 Å². The van der Waals surface area contributed by atoms with Crippen LogP contribution >= 0.6 is 11.6 Å². The Morgan fingerprint density at radius 1 is 1.33 bits per heavy atom. The third-order valence-corrected chi connectivity index (χ3v) is 3.15. The number of hydrogen-bond acceptors (Lipinski definition) is 3. The van der Waals surface area contributed by atoms with Crippen molar-refractivity contribution in [1.82, 2.24) is 15.1 Å². The first-order valence-electron chi connectivity index (χ1n) is 5.44. The summed E-state index contributed by atoms with van der Waals surface area (Å²) >= 11 is 5.69. The summed E-state index contributed by atoms with van der Waals surface area (Å²) in [6.45, 7) is 5.56. The van der Waals surface area contributed by atoms with Gasteiger partial charge < -0.3 is 0 Å². The summed E-state index contributed by atoms with van der Waals surface area (Å²) in [5, 5.41) is 8.38. The molecule has 0 spiro atoms. The summed E-state index contributed by atoms with van der Waals surface area (Å²) in [4.78, 5) is 2.43. The SMILES string of the molecule is CC1CCN(Cc2ccc(Cl)nn2)CC1. The lowest BCUT2D eigenvalue weighted by atomic mass is 9.99. The molecule has 0 bridgehead atoms.